The molecule has 0 radical (unpaired) electrons. The summed E-state index contributed by atoms with van der Waals surface area (Å²) in [5.41, 5.74) is 14.6. The molecule has 2 saturated heterocycles. The van der Waals surface area contributed by atoms with Crippen LogP contribution in [0.3, 0.4) is 0 Å². The van der Waals surface area contributed by atoms with Crippen LogP contribution >= 0.6 is 0 Å². The van der Waals surface area contributed by atoms with Crippen LogP contribution in [0.5, 0.6) is 0 Å². The van der Waals surface area contributed by atoms with Crippen molar-refractivity contribution >= 4 is 29.5 Å². The van der Waals surface area contributed by atoms with Crippen molar-refractivity contribution in [2.75, 3.05) is 19.6 Å². The fourth-order valence-corrected chi connectivity index (χ4v) is 7.89. The Bertz CT molecular complexity index is 1700. The summed E-state index contributed by atoms with van der Waals surface area (Å²) in [6.07, 6.45) is 2.29. The number of amides is 5. The predicted octanol–water partition coefficient (Wildman–Crippen LogP) is 2.65. The second-order valence-corrected chi connectivity index (χ2v) is 13.5. The van der Waals surface area contributed by atoms with Crippen molar-refractivity contribution in [3.05, 3.63) is 107 Å². The second kappa shape index (κ2) is 12.3. The van der Waals surface area contributed by atoms with Crippen molar-refractivity contribution in [1.82, 2.24) is 15.1 Å². The molecule has 0 bridgehead atoms. The Morgan fingerprint density at radius 1 is 0.681 bits per heavy atom. The summed E-state index contributed by atoms with van der Waals surface area (Å²) < 4.78 is 0. The van der Waals surface area contributed by atoms with Crippen LogP contribution in [0.4, 0.5) is 0 Å². The molecule has 8 atom stereocenters. The van der Waals surface area contributed by atoms with E-state index in [-0.39, 0.29) is 48.1 Å². The first kappa shape index (κ1) is 30.7. The molecule has 2 aliphatic heterocycles. The lowest BCUT2D eigenvalue weighted by Crippen LogP contribution is -2.44. The van der Waals surface area contributed by atoms with Crippen molar-refractivity contribution in [3.8, 4) is 0 Å². The Labute approximate surface area is 273 Å². The van der Waals surface area contributed by atoms with E-state index in [1.54, 1.807) is 34.1 Å². The van der Waals surface area contributed by atoms with Gasteiger partial charge in [-0.25, -0.2) is 0 Å². The molecule has 2 aliphatic carbocycles. The van der Waals surface area contributed by atoms with Crippen LogP contribution in [0.2, 0.25) is 0 Å². The van der Waals surface area contributed by atoms with Crippen LogP contribution in [0.1, 0.15) is 62.9 Å². The number of rotatable bonds is 9. The lowest BCUT2D eigenvalue weighted by Gasteiger charge is -2.28. The SMILES string of the molecule is NC(=O)C1CN(C(=O)c2ccc(C(=O)N3CCC(C(=O)N[C@H]4C[C@@H]4c4ccccc4)C3)cc2)C([C@H]2C[C@H]2c2ccccc2)C1C(N)=O. The van der Waals surface area contributed by atoms with Gasteiger partial charge in [0.15, 0.2) is 0 Å². The highest BCUT2D eigenvalue weighted by Gasteiger charge is 2.58. The Balaban J connectivity index is 1.00. The third-order valence-corrected chi connectivity index (χ3v) is 10.6. The molecule has 4 unspecified atom stereocenters. The van der Waals surface area contributed by atoms with E-state index >= 15 is 0 Å². The number of carbonyl (C=O) groups excluding carboxylic acids is 5. The number of nitrogens with one attached hydrogen (secondary N) is 1. The van der Waals surface area contributed by atoms with Gasteiger partial charge in [-0.05, 0) is 66.5 Å². The molecule has 0 aromatic heterocycles. The van der Waals surface area contributed by atoms with E-state index in [2.05, 4.69) is 17.4 Å². The lowest BCUT2D eigenvalue weighted by molar-refractivity contribution is -0.130. The third kappa shape index (κ3) is 6.00. The number of nitrogens with zero attached hydrogens (tertiary/aromatic N) is 2. The van der Waals surface area contributed by atoms with Gasteiger partial charge < -0.3 is 26.6 Å². The number of hydrogen-bond donors (Lipinski definition) is 3. The summed E-state index contributed by atoms with van der Waals surface area (Å²) in [6, 6.07) is 26.1. The molecular formula is C37H39N5O5. The van der Waals surface area contributed by atoms with Gasteiger partial charge >= 0.3 is 0 Å². The normalized spacial score (nSPS) is 29.3. The summed E-state index contributed by atoms with van der Waals surface area (Å²) >= 11 is 0. The van der Waals surface area contributed by atoms with Gasteiger partial charge in [0.2, 0.25) is 17.7 Å². The summed E-state index contributed by atoms with van der Waals surface area (Å²) in [4.78, 5) is 68.6. The molecular weight excluding hydrogens is 594 g/mol. The molecule has 47 heavy (non-hydrogen) atoms. The van der Waals surface area contributed by atoms with Gasteiger partial charge in [0.25, 0.3) is 11.8 Å². The molecule has 2 saturated carbocycles. The van der Waals surface area contributed by atoms with Gasteiger partial charge in [0, 0.05) is 48.8 Å². The molecule has 3 aromatic carbocycles. The van der Waals surface area contributed by atoms with Crippen LogP contribution < -0.4 is 16.8 Å². The van der Waals surface area contributed by atoms with Crippen LogP contribution in [-0.4, -0.2) is 71.1 Å². The first-order chi connectivity index (χ1) is 22.7. The Morgan fingerprint density at radius 2 is 1.28 bits per heavy atom. The van der Waals surface area contributed by atoms with Crippen LogP contribution in [0.25, 0.3) is 0 Å². The molecule has 4 fully saturated rings. The van der Waals surface area contributed by atoms with Gasteiger partial charge in [-0.3, -0.25) is 24.0 Å². The highest BCUT2D eigenvalue weighted by atomic mass is 16.2. The van der Waals surface area contributed by atoms with Gasteiger partial charge in [0.1, 0.15) is 0 Å². The van der Waals surface area contributed by atoms with Crippen molar-refractivity contribution in [1.29, 1.82) is 0 Å². The number of primary amides is 2. The Hall–Kier alpha value is -4.99. The van der Waals surface area contributed by atoms with E-state index in [9.17, 15) is 24.0 Å². The zero-order valence-corrected chi connectivity index (χ0v) is 26.0. The third-order valence-electron chi connectivity index (χ3n) is 10.6. The quantitative estimate of drug-likeness (QED) is 0.330. The maximum absolute atomic E-state index is 13.9. The van der Waals surface area contributed by atoms with E-state index < -0.39 is 29.7 Å². The Kier molecular flexibility index (Phi) is 8.03. The van der Waals surface area contributed by atoms with Crippen molar-refractivity contribution in [2.45, 2.75) is 43.2 Å². The summed E-state index contributed by atoms with van der Waals surface area (Å²) in [6.45, 7) is 0.832. The zero-order valence-electron chi connectivity index (χ0n) is 26.0. The largest absolute Gasteiger partial charge is 0.369 e. The van der Waals surface area contributed by atoms with Crippen LogP contribution in [0, 0.1) is 23.7 Å². The monoisotopic (exact) mass is 633 g/mol. The standard InChI is InChI=1S/C37H39N5O5/c38-33(43)29-20-42(32(31(29)34(39)44)28-17-26(28)21-7-3-1-4-8-21)37(47)24-13-11-23(12-14-24)36(46)41-16-15-25(19-41)35(45)40-30-18-27(30)22-9-5-2-6-10-22/h1-14,25-32H,15-20H2,(H2,38,43)(H2,39,44)(H,40,45)/t25?,26-,27+,28-,29?,30-,31?,32?/m0/s1. The molecule has 5 N–H and O–H groups in total. The summed E-state index contributed by atoms with van der Waals surface area (Å²) in [5.74, 6) is -3.40. The summed E-state index contributed by atoms with van der Waals surface area (Å²) in [5, 5.41) is 3.16. The van der Waals surface area contributed by atoms with E-state index in [0.717, 1.165) is 18.4 Å². The molecule has 10 heteroatoms. The average molecular weight is 634 g/mol. The van der Waals surface area contributed by atoms with E-state index in [1.165, 1.54) is 5.56 Å². The molecule has 3 aromatic rings. The number of benzene rings is 3. The fourth-order valence-electron chi connectivity index (χ4n) is 7.89. The molecule has 4 aliphatic rings. The predicted molar refractivity (Wildman–Crippen MR) is 174 cm³/mol. The van der Waals surface area contributed by atoms with E-state index in [1.807, 2.05) is 48.5 Å². The van der Waals surface area contributed by atoms with E-state index in [4.69, 9.17) is 11.5 Å². The maximum Gasteiger partial charge on any atom is 0.254 e. The van der Waals surface area contributed by atoms with Crippen molar-refractivity contribution in [2.24, 2.45) is 35.1 Å². The summed E-state index contributed by atoms with van der Waals surface area (Å²) in [7, 11) is 0. The number of likely N-dealkylation sites (tertiary alicyclic amines) is 2. The molecule has 5 amide bonds. The fraction of sp³-hybridized carbons (Fsp3) is 0.378. The lowest BCUT2D eigenvalue weighted by atomic mass is 9.86. The van der Waals surface area contributed by atoms with Crippen LogP contribution in [-0.2, 0) is 14.4 Å². The van der Waals surface area contributed by atoms with Gasteiger partial charge in [-0.1, -0.05) is 60.7 Å². The van der Waals surface area contributed by atoms with Gasteiger partial charge in [-0.2, -0.15) is 0 Å². The Morgan fingerprint density at radius 3 is 1.87 bits per heavy atom. The molecule has 10 nitrogen and oxygen atoms in total. The van der Waals surface area contributed by atoms with E-state index in [0.29, 0.717) is 36.6 Å². The smallest absolute Gasteiger partial charge is 0.254 e. The molecule has 242 valence electrons. The maximum atomic E-state index is 13.9. The highest BCUT2D eigenvalue weighted by Crippen LogP contribution is 2.55. The van der Waals surface area contributed by atoms with Gasteiger partial charge in [0.05, 0.1) is 17.8 Å². The average Bonchev–Trinajstić information content (AvgIpc) is 3.95. The molecule has 2 heterocycles. The molecule has 0 spiro atoms. The number of nitrogens with two attached hydrogens (primary N) is 2. The van der Waals surface area contributed by atoms with Crippen molar-refractivity contribution in [3.63, 3.8) is 0 Å². The highest BCUT2D eigenvalue weighted by molar-refractivity contribution is 5.99. The first-order valence-electron chi connectivity index (χ1n) is 16.4. The number of carbonyl (C=O) groups is 5. The zero-order chi connectivity index (χ0) is 32.8. The minimum atomic E-state index is -0.875. The van der Waals surface area contributed by atoms with Crippen LogP contribution in [0.15, 0.2) is 84.9 Å². The minimum absolute atomic E-state index is 0.00924. The second-order valence-electron chi connectivity index (χ2n) is 13.5. The number of hydrogen-bond acceptors (Lipinski definition) is 5. The van der Waals surface area contributed by atoms with Crippen molar-refractivity contribution < 1.29 is 24.0 Å². The topological polar surface area (TPSA) is 156 Å². The van der Waals surface area contributed by atoms with Gasteiger partial charge in [-0.15, -0.1) is 0 Å². The minimum Gasteiger partial charge on any atom is -0.369 e. The first-order valence-corrected chi connectivity index (χ1v) is 16.4. The molecule has 7 rings (SSSR count).